The number of amides is 1. The largest absolute Gasteiger partial charge is 0.322 e. The lowest BCUT2D eigenvalue weighted by atomic mass is 10.2. The molecule has 1 heterocycles. The van der Waals surface area contributed by atoms with E-state index in [0.717, 1.165) is 6.07 Å². The molecule has 3 aromatic rings. The number of carbonyl (C=O) groups excluding carboxylic acids is 1. The number of benzene rings is 2. The summed E-state index contributed by atoms with van der Waals surface area (Å²) < 4.78 is 42.5. The van der Waals surface area contributed by atoms with Gasteiger partial charge in [0.05, 0.1) is 22.3 Å². The average Bonchev–Trinajstić information content (AvgIpc) is 3.09. The van der Waals surface area contributed by atoms with Gasteiger partial charge in [-0.15, -0.1) is 5.10 Å². The summed E-state index contributed by atoms with van der Waals surface area (Å²) in [6.07, 6.45) is 0. The maximum atomic E-state index is 14.1. The Kier molecular flexibility index (Phi) is 5.91. The molecule has 0 bridgehead atoms. The Morgan fingerprint density at radius 3 is 2.52 bits per heavy atom. The fourth-order valence-corrected chi connectivity index (χ4v) is 3.75. The number of halogens is 2. The van der Waals surface area contributed by atoms with E-state index in [1.165, 1.54) is 48.0 Å². The summed E-state index contributed by atoms with van der Waals surface area (Å²) in [5, 5.41) is 13.8. The highest BCUT2D eigenvalue weighted by molar-refractivity contribution is 7.89. The molecule has 2 aromatic carbocycles. The molecule has 0 radical (unpaired) electrons. The van der Waals surface area contributed by atoms with Crippen molar-refractivity contribution < 1.29 is 17.6 Å². The second-order valence-electron chi connectivity index (χ2n) is 6.09. The van der Waals surface area contributed by atoms with Crippen LogP contribution in [0.15, 0.2) is 47.4 Å². The van der Waals surface area contributed by atoms with Gasteiger partial charge in [-0.25, -0.2) is 12.8 Å². The molecule has 0 spiro atoms. The number of hydrogen-bond acceptors (Lipinski definition) is 6. The molecule has 0 saturated heterocycles. The van der Waals surface area contributed by atoms with Crippen molar-refractivity contribution >= 4 is 33.2 Å². The molecule has 2 N–H and O–H groups in total. The summed E-state index contributed by atoms with van der Waals surface area (Å²) in [4.78, 5) is 12.4. The number of sulfonamides is 1. The van der Waals surface area contributed by atoms with Crippen LogP contribution in [0.4, 0.5) is 10.1 Å². The van der Waals surface area contributed by atoms with E-state index in [1.807, 2.05) is 0 Å². The van der Waals surface area contributed by atoms with Crippen molar-refractivity contribution in [2.45, 2.75) is 24.8 Å². The third kappa shape index (κ3) is 4.75. The lowest BCUT2D eigenvalue weighted by Gasteiger charge is -2.15. The highest BCUT2D eigenvalue weighted by atomic mass is 35.5. The lowest BCUT2D eigenvalue weighted by Crippen LogP contribution is -2.41. The van der Waals surface area contributed by atoms with Crippen LogP contribution in [0.1, 0.15) is 12.7 Å². The molecular formula is C17H16ClFN6O3S. The van der Waals surface area contributed by atoms with Gasteiger partial charge in [-0.1, -0.05) is 11.6 Å². The second kappa shape index (κ2) is 8.23. The molecule has 12 heteroatoms. The van der Waals surface area contributed by atoms with Gasteiger partial charge in [-0.3, -0.25) is 4.79 Å². The minimum Gasteiger partial charge on any atom is -0.322 e. The van der Waals surface area contributed by atoms with Gasteiger partial charge in [-0.05, 0) is 66.7 Å². The number of carbonyl (C=O) groups is 1. The van der Waals surface area contributed by atoms with E-state index in [9.17, 15) is 17.6 Å². The number of rotatable bonds is 6. The average molecular weight is 439 g/mol. The fraction of sp³-hybridized carbons (Fsp3) is 0.176. The van der Waals surface area contributed by atoms with E-state index in [1.54, 1.807) is 6.92 Å². The SMILES string of the molecule is Cc1nnnn1-c1ccc(F)c(NC(=O)[C@H](C)NS(=O)(=O)c2ccc(Cl)cc2)c1. The molecule has 0 unspecified atom stereocenters. The molecule has 152 valence electrons. The highest BCUT2D eigenvalue weighted by Crippen LogP contribution is 2.20. The van der Waals surface area contributed by atoms with Crippen LogP contribution in [0, 0.1) is 12.7 Å². The smallest absolute Gasteiger partial charge is 0.242 e. The number of nitrogens with zero attached hydrogens (tertiary/aromatic N) is 4. The molecule has 0 aliphatic carbocycles. The van der Waals surface area contributed by atoms with Crippen molar-refractivity contribution in [3.05, 3.63) is 59.1 Å². The first-order valence-corrected chi connectivity index (χ1v) is 10.2. The molecule has 0 aliphatic rings. The Balaban J connectivity index is 1.76. The van der Waals surface area contributed by atoms with Gasteiger partial charge in [0.2, 0.25) is 15.9 Å². The predicted molar refractivity (Wildman–Crippen MR) is 104 cm³/mol. The summed E-state index contributed by atoms with van der Waals surface area (Å²) >= 11 is 5.75. The van der Waals surface area contributed by atoms with Crippen LogP contribution in [-0.4, -0.2) is 40.6 Å². The van der Waals surface area contributed by atoms with Crippen molar-refractivity contribution in [3.63, 3.8) is 0 Å². The maximum Gasteiger partial charge on any atom is 0.242 e. The molecule has 1 amide bonds. The number of hydrogen-bond donors (Lipinski definition) is 2. The summed E-state index contributed by atoms with van der Waals surface area (Å²) in [5.41, 5.74) is 0.290. The Morgan fingerprint density at radius 1 is 1.21 bits per heavy atom. The van der Waals surface area contributed by atoms with Gasteiger partial charge >= 0.3 is 0 Å². The molecule has 0 fully saturated rings. The van der Waals surface area contributed by atoms with Crippen LogP contribution in [0.2, 0.25) is 5.02 Å². The van der Waals surface area contributed by atoms with Gasteiger partial charge < -0.3 is 5.32 Å². The third-order valence-electron chi connectivity index (χ3n) is 3.93. The van der Waals surface area contributed by atoms with Crippen molar-refractivity contribution in [2.75, 3.05) is 5.32 Å². The molecule has 29 heavy (non-hydrogen) atoms. The van der Waals surface area contributed by atoms with E-state index in [-0.39, 0.29) is 10.6 Å². The van der Waals surface area contributed by atoms with E-state index in [4.69, 9.17) is 11.6 Å². The van der Waals surface area contributed by atoms with Crippen molar-refractivity contribution in [1.29, 1.82) is 0 Å². The summed E-state index contributed by atoms with van der Waals surface area (Å²) in [5.74, 6) is -0.967. The third-order valence-corrected chi connectivity index (χ3v) is 5.74. The second-order valence-corrected chi connectivity index (χ2v) is 8.24. The normalized spacial score (nSPS) is 12.6. The molecular weight excluding hydrogens is 423 g/mol. The van der Waals surface area contributed by atoms with E-state index in [2.05, 4.69) is 25.6 Å². The quantitative estimate of drug-likeness (QED) is 0.608. The molecule has 9 nitrogen and oxygen atoms in total. The standard InChI is InChI=1S/C17H16ClFN6O3S/c1-10(22-29(27,28)14-6-3-12(18)4-7-14)17(26)20-16-9-13(5-8-15(16)19)25-11(2)21-23-24-25/h3-10,22H,1-2H3,(H,20,26)/t10-/m0/s1. The summed E-state index contributed by atoms with van der Waals surface area (Å²) in [6, 6.07) is 8.23. The first-order valence-electron chi connectivity index (χ1n) is 8.31. The number of anilines is 1. The van der Waals surface area contributed by atoms with Gasteiger partial charge in [0, 0.05) is 5.02 Å². The number of nitrogens with one attached hydrogen (secondary N) is 2. The number of tetrazole rings is 1. The molecule has 3 rings (SSSR count). The molecule has 0 aliphatic heterocycles. The van der Waals surface area contributed by atoms with Gasteiger partial charge in [0.15, 0.2) is 5.82 Å². The zero-order chi connectivity index (χ0) is 21.2. The Morgan fingerprint density at radius 2 is 1.90 bits per heavy atom. The van der Waals surface area contributed by atoms with Crippen LogP contribution < -0.4 is 10.0 Å². The van der Waals surface area contributed by atoms with Crippen LogP contribution in [-0.2, 0) is 14.8 Å². The summed E-state index contributed by atoms with van der Waals surface area (Å²) in [7, 11) is -3.97. The maximum absolute atomic E-state index is 14.1. The van der Waals surface area contributed by atoms with E-state index in [0.29, 0.717) is 16.5 Å². The van der Waals surface area contributed by atoms with E-state index >= 15 is 0 Å². The minimum atomic E-state index is -3.97. The first-order chi connectivity index (χ1) is 13.7. The number of aryl methyl sites for hydroxylation is 1. The Hall–Kier alpha value is -2.89. The first kappa shape index (κ1) is 20.8. The van der Waals surface area contributed by atoms with Gasteiger partial charge in [-0.2, -0.15) is 9.40 Å². The molecule has 1 aromatic heterocycles. The fourth-order valence-electron chi connectivity index (χ4n) is 2.42. The zero-order valence-electron chi connectivity index (χ0n) is 15.3. The van der Waals surface area contributed by atoms with Crippen molar-refractivity contribution in [2.24, 2.45) is 0 Å². The Labute approximate surface area is 170 Å². The van der Waals surface area contributed by atoms with Crippen molar-refractivity contribution in [1.82, 2.24) is 24.9 Å². The van der Waals surface area contributed by atoms with Crippen LogP contribution in [0.5, 0.6) is 0 Å². The topological polar surface area (TPSA) is 119 Å². The molecule has 0 saturated carbocycles. The Bertz CT molecular complexity index is 1150. The van der Waals surface area contributed by atoms with Crippen molar-refractivity contribution in [3.8, 4) is 5.69 Å². The number of aromatic nitrogens is 4. The minimum absolute atomic E-state index is 0.0520. The zero-order valence-corrected chi connectivity index (χ0v) is 16.9. The van der Waals surface area contributed by atoms with Gasteiger partial charge in [0.1, 0.15) is 5.82 Å². The summed E-state index contributed by atoms with van der Waals surface area (Å²) in [6.45, 7) is 3.01. The highest BCUT2D eigenvalue weighted by Gasteiger charge is 2.23. The van der Waals surface area contributed by atoms with Crippen LogP contribution in [0.25, 0.3) is 5.69 Å². The van der Waals surface area contributed by atoms with Gasteiger partial charge in [0.25, 0.3) is 0 Å². The van der Waals surface area contributed by atoms with Crippen LogP contribution in [0.3, 0.4) is 0 Å². The predicted octanol–water partition coefficient (Wildman–Crippen LogP) is 2.07. The van der Waals surface area contributed by atoms with E-state index < -0.39 is 27.8 Å². The van der Waals surface area contributed by atoms with Crippen LogP contribution >= 0.6 is 11.6 Å². The lowest BCUT2D eigenvalue weighted by molar-refractivity contribution is -0.117. The monoisotopic (exact) mass is 438 g/mol. The molecule has 1 atom stereocenters.